The van der Waals surface area contributed by atoms with Crippen LogP contribution in [0.1, 0.15) is 66.4 Å². The van der Waals surface area contributed by atoms with Crippen molar-refractivity contribution in [3.8, 4) is 0 Å². The van der Waals surface area contributed by atoms with E-state index in [1.807, 2.05) is 0 Å². The lowest BCUT2D eigenvalue weighted by atomic mass is 9.52. The van der Waals surface area contributed by atoms with Crippen molar-refractivity contribution < 1.29 is 28.3 Å². The summed E-state index contributed by atoms with van der Waals surface area (Å²) >= 11 is 0. The quantitative estimate of drug-likeness (QED) is 0.680. The van der Waals surface area contributed by atoms with Gasteiger partial charge < -0.3 is 15.0 Å². The van der Waals surface area contributed by atoms with Gasteiger partial charge in [0.05, 0.1) is 6.61 Å². The zero-order valence-electron chi connectivity index (χ0n) is 17.7. The zero-order chi connectivity index (χ0) is 22.5. The third kappa shape index (κ3) is 3.73. The maximum atomic E-state index is 14.6. The number of benzene rings is 1. The third-order valence-corrected chi connectivity index (χ3v) is 7.42. The molecule has 2 saturated carbocycles. The number of alkyl carbamates (subject to hydrolysis) is 1. The summed E-state index contributed by atoms with van der Waals surface area (Å²) in [6.45, 7) is 0.383. The number of amides is 4. The molecule has 4 amide bonds. The molecule has 2 heterocycles. The van der Waals surface area contributed by atoms with Crippen molar-refractivity contribution in [3.05, 3.63) is 34.6 Å². The van der Waals surface area contributed by atoms with Crippen LogP contribution in [0.5, 0.6) is 0 Å². The average molecular weight is 443 g/mol. The summed E-state index contributed by atoms with van der Waals surface area (Å²) in [4.78, 5) is 49.7. The number of fused-ring (bicyclic) bond motifs is 1. The van der Waals surface area contributed by atoms with Gasteiger partial charge in [0, 0.05) is 30.6 Å². The lowest BCUT2D eigenvalue weighted by molar-refractivity contribution is -0.136. The van der Waals surface area contributed by atoms with E-state index in [-0.39, 0.29) is 43.3 Å². The van der Waals surface area contributed by atoms with E-state index in [2.05, 4.69) is 10.6 Å². The van der Waals surface area contributed by atoms with Gasteiger partial charge in [-0.15, -0.1) is 0 Å². The fourth-order valence-electron chi connectivity index (χ4n) is 5.55. The summed E-state index contributed by atoms with van der Waals surface area (Å²) in [5.74, 6) is -1.38. The number of hydrogen-bond donors (Lipinski definition) is 2. The Labute approximate surface area is 184 Å². The van der Waals surface area contributed by atoms with Gasteiger partial charge in [0.25, 0.3) is 5.91 Å². The lowest BCUT2D eigenvalue weighted by Gasteiger charge is -2.54. The topological polar surface area (TPSA) is 105 Å². The second-order valence-electron chi connectivity index (χ2n) is 9.58. The van der Waals surface area contributed by atoms with Crippen molar-refractivity contribution in [2.75, 3.05) is 6.61 Å². The molecule has 2 aliphatic carbocycles. The number of carbonyl (C=O) groups excluding carboxylic acids is 4. The molecule has 32 heavy (non-hydrogen) atoms. The average Bonchev–Trinajstić information content (AvgIpc) is 2.99. The normalized spacial score (nSPS) is 24.0. The minimum absolute atomic E-state index is 0.0990. The smallest absolute Gasteiger partial charge is 0.407 e. The van der Waals surface area contributed by atoms with Crippen LogP contribution in [-0.4, -0.2) is 41.4 Å². The predicted molar refractivity (Wildman–Crippen MR) is 110 cm³/mol. The molecule has 1 unspecified atom stereocenters. The highest BCUT2D eigenvalue weighted by Crippen LogP contribution is 2.58. The minimum atomic E-state index is -0.752. The molecule has 0 aromatic heterocycles. The largest absolute Gasteiger partial charge is 0.449 e. The van der Waals surface area contributed by atoms with Crippen LogP contribution >= 0.6 is 0 Å². The molecule has 1 spiro atoms. The molecule has 9 heteroatoms. The molecule has 0 bridgehead atoms. The van der Waals surface area contributed by atoms with Crippen molar-refractivity contribution in [1.82, 2.24) is 15.5 Å². The van der Waals surface area contributed by atoms with Gasteiger partial charge in [-0.05, 0) is 61.1 Å². The number of halogens is 1. The highest BCUT2D eigenvalue weighted by molar-refractivity contribution is 6.05. The van der Waals surface area contributed by atoms with E-state index in [9.17, 15) is 23.6 Å². The van der Waals surface area contributed by atoms with Crippen LogP contribution in [0, 0.1) is 17.2 Å². The van der Waals surface area contributed by atoms with E-state index < -0.39 is 23.9 Å². The van der Waals surface area contributed by atoms with Gasteiger partial charge in [0.15, 0.2) is 0 Å². The molecule has 2 aliphatic heterocycles. The van der Waals surface area contributed by atoms with E-state index in [1.54, 1.807) is 0 Å². The van der Waals surface area contributed by atoms with Crippen molar-refractivity contribution in [2.45, 2.75) is 64.1 Å². The lowest BCUT2D eigenvalue weighted by Crippen LogP contribution is -2.52. The Morgan fingerprint density at radius 1 is 1.25 bits per heavy atom. The van der Waals surface area contributed by atoms with Gasteiger partial charge in [-0.25, -0.2) is 9.18 Å². The molecule has 1 atom stereocenters. The van der Waals surface area contributed by atoms with Gasteiger partial charge in [0.1, 0.15) is 11.9 Å². The van der Waals surface area contributed by atoms with E-state index in [4.69, 9.17) is 4.74 Å². The summed E-state index contributed by atoms with van der Waals surface area (Å²) in [6.07, 6.45) is 5.90. The number of ether oxygens (including phenoxy) is 1. The third-order valence-electron chi connectivity index (χ3n) is 7.42. The summed E-state index contributed by atoms with van der Waals surface area (Å²) in [5, 5.41) is 4.80. The highest BCUT2D eigenvalue weighted by atomic mass is 19.1. The fourth-order valence-corrected chi connectivity index (χ4v) is 5.55. The molecule has 4 aliphatic rings. The van der Waals surface area contributed by atoms with Crippen molar-refractivity contribution in [1.29, 1.82) is 0 Å². The van der Waals surface area contributed by atoms with Gasteiger partial charge in [-0.2, -0.15) is 0 Å². The molecule has 5 rings (SSSR count). The van der Waals surface area contributed by atoms with Crippen molar-refractivity contribution in [2.24, 2.45) is 11.3 Å². The monoisotopic (exact) mass is 443 g/mol. The number of imide groups is 1. The first kappa shape index (κ1) is 20.9. The molecular formula is C23H26FN3O5. The summed E-state index contributed by atoms with van der Waals surface area (Å²) in [7, 11) is 0. The van der Waals surface area contributed by atoms with Crippen LogP contribution in [0.25, 0.3) is 0 Å². The first-order chi connectivity index (χ1) is 15.3. The molecule has 8 nitrogen and oxygen atoms in total. The Morgan fingerprint density at radius 3 is 2.72 bits per heavy atom. The first-order valence-corrected chi connectivity index (χ1v) is 11.2. The number of hydrogen-bond acceptors (Lipinski definition) is 5. The summed E-state index contributed by atoms with van der Waals surface area (Å²) < 4.78 is 19.9. The fraction of sp³-hybridized carbons (Fsp3) is 0.565. The van der Waals surface area contributed by atoms with Gasteiger partial charge in [0.2, 0.25) is 11.8 Å². The van der Waals surface area contributed by atoms with Crippen LogP contribution in [-0.2, 0) is 27.4 Å². The number of nitrogens with zero attached hydrogens (tertiary/aromatic N) is 1. The molecule has 1 aromatic carbocycles. The number of rotatable bonds is 5. The van der Waals surface area contributed by atoms with E-state index in [0.29, 0.717) is 29.1 Å². The molecule has 0 radical (unpaired) electrons. The Hall–Kier alpha value is -2.97. The number of piperidine rings is 1. The molecule has 1 aromatic rings. The van der Waals surface area contributed by atoms with Crippen LogP contribution in [0.3, 0.4) is 0 Å². The van der Waals surface area contributed by atoms with Crippen molar-refractivity contribution in [3.63, 3.8) is 0 Å². The van der Waals surface area contributed by atoms with E-state index in [1.165, 1.54) is 36.3 Å². The Balaban J connectivity index is 1.16. The first-order valence-electron chi connectivity index (χ1n) is 11.2. The second-order valence-corrected chi connectivity index (χ2v) is 9.58. The van der Waals surface area contributed by atoms with Crippen LogP contribution in [0.15, 0.2) is 12.1 Å². The maximum absolute atomic E-state index is 14.6. The molecule has 1 saturated heterocycles. The zero-order valence-corrected chi connectivity index (χ0v) is 17.7. The van der Waals surface area contributed by atoms with Gasteiger partial charge in [-0.3, -0.25) is 19.7 Å². The second kappa shape index (κ2) is 7.86. The SMILES string of the molecule is O=C1CCC(N2Cc3cc(F)c(CNC(=O)OCC4CC5(CCC5)C4)cc3C2=O)C(=O)N1. The molecule has 3 fully saturated rings. The summed E-state index contributed by atoms with van der Waals surface area (Å²) in [5.41, 5.74) is 1.49. The standard InChI is InChI=1S/C23H26FN3O5/c24-17-7-15-11-27(18-2-3-19(28)26-20(18)29)21(30)16(15)6-14(17)10-25-22(31)32-12-13-8-23(9-13)4-1-5-23/h6-7,13,18H,1-5,8-12H2,(H,25,31)(H,26,28,29). The van der Waals surface area contributed by atoms with Gasteiger partial charge >= 0.3 is 6.09 Å². The Kier molecular flexibility index (Phi) is 5.14. The minimum Gasteiger partial charge on any atom is -0.449 e. The Bertz CT molecular complexity index is 998. The Morgan fingerprint density at radius 2 is 2.03 bits per heavy atom. The van der Waals surface area contributed by atoms with E-state index in [0.717, 1.165) is 12.8 Å². The van der Waals surface area contributed by atoms with Crippen LogP contribution < -0.4 is 10.6 Å². The van der Waals surface area contributed by atoms with Crippen molar-refractivity contribution >= 4 is 23.8 Å². The summed E-state index contributed by atoms with van der Waals surface area (Å²) in [6, 6.07) is 1.94. The molecule has 170 valence electrons. The predicted octanol–water partition coefficient (Wildman–Crippen LogP) is 2.39. The van der Waals surface area contributed by atoms with Crippen LogP contribution in [0.2, 0.25) is 0 Å². The van der Waals surface area contributed by atoms with Crippen LogP contribution in [0.4, 0.5) is 9.18 Å². The number of carbonyl (C=O) groups is 4. The molecular weight excluding hydrogens is 417 g/mol. The van der Waals surface area contributed by atoms with Gasteiger partial charge in [-0.1, -0.05) is 6.42 Å². The number of nitrogens with one attached hydrogen (secondary N) is 2. The maximum Gasteiger partial charge on any atom is 0.407 e. The highest BCUT2D eigenvalue weighted by Gasteiger charge is 2.48. The molecule has 2 N–H and O–H groups in total. The van der Waals surface area contributed by atoms with E-state index >= 15 is 0 Å².